The molecule has 0 aliphatic heterocycles. The molecular formula is C16H6BBrF2O5. The van der Waals surface area contributed by atoms with Crippen LogP contribution in [0.5, 0.6) is 5.75 Å². The minimum absolute atomic E-state index is 0.147. The first kappa shape index (κ1) is 17.3. The molecule has 0 N–H and O–H groups in total. The average molecular weight is 407 g/mol. The zero-order valence-electron chi connectivity index (χ0n) is 12.5. The summed E-state index contributed by atoms with van der Waals surface area (Å²) in [6.45, 7) is 0. The van der Waals surface area contributed by atoms with E-state index >= 15 is 0 Å². The van der Waals surface area contributed by atoms with Crippen LogP contribution < -0.4 is 4.74 Å². The molecule has 0 saturated carbocycles. The van der Waals surface area contributed by atoms with E-state index in [1.165, 1.54) is 0 Å². The van der Waals surface area contributed by atoms with Crippen molar-refractivity contribution in [3.05, 3.63) is 57.0 Å². The molecule has 25 heavy (non-hydrogen) atoms. The van der Waals surface area contributed by atoms with Gasteiger partial charge in [0.05, 0.1) is 22.7 Å². The first-order valence-electron chi connectivity index (χ1n) is 6.71. The third-order valence-corrected chi connectivity index (χ3v) is 4.40. The molecule has 2 aromatic rings. The second-order valence-corrected chi connectivity index (χ2v) is 5.83. The normalized spacial score (nSPS) is 13.9. The van der Waals surface area contributed by atoms with Gasteiger partial charge in [-0.1, -0.05) is 0 Å². The Morgan fingerprint density at radius 2 is 1.80 bits per heavy atom. The third kappa shape index (κ3) is 2.55. The Bertz CT molecular complexity index is 969. The number of carbonyl (C=O) groups is 3. The molecule has 0 amide bonds. The molecule has 0 fully saturated rings. The molecule has 0 unspecified atom stereocenters. The minimum atomic E-state index is -1.09. The fourth-order valence-electron chi connectivity index (χ4n) is 2.43. The molecule has 1 aliphatic carbocycles. The standard InChI is InChI=1S/C16H6BBrF2O5/c1-24-15-7(19)2-5(3-8(15)20)12(21)6-4-25-16-9(6)13(22)14(23)11(18)10(16)17/h2-4H,1H3. The number of fused-ring (bicyclic) bond motifs is 1. The van der Waals surface area contributed by atoms with Gasteiger partial charge in [0.25, 0.3) is 0 Å². The van der Waals surface area contributed by atoms with Crippen LogP contribution >= 0.6 is 15.9 Å². The minimum Gasteiger partial charge on any atom is -0.491 e. The van der Waals surface area contributed by atoms with Crippen molar-refractivity contribution >= 4 is 46.6 Å². The van der Waals surface area contributed by atoms with Gasteiger partial charge in [-0.25, -0.2) is 8.78 Å². The average Bonchev–Trinajstić information content (AvgIpc) is 3.02. The fourth-order valence-corrected chi connectivity index (χ4v) is 2.79. The Morgan fingerprint density at radius 1 is 1.20 bits per heavy atom. The molecular weight excluding hydrogens is 401 g/mol. The van der Waals surface area contributed by atoms with Gasteiger partial charge in [0.1, 0.15) is 19.9 Å². The number of allylic oxidation sites excluding steroid dienone is 1. The van der Waals surface area contributed by atoms with Crippen LogP contribution in [-0.2, 0) is 4.79 Å². The van der Waals surface area contributed by atoms with Crippen molar-refractivity contribution in [2.24, 2.45) is 0 Å². The number of hydrogen-bond donors (Lipinski definition) is 0. The maximum atomic E-state index is 13.8. The summed E-state index contributed by atoms with van der Waals surface area (Å²) in [5.74, 6) is -5.85. The topological polar surface area (TPSA) is 73.6 Å². The molecule has 1 aliphatic rings. The molecule has 1 aromatic carbocycles. The first-order valence-corrected chi connectivity index (χ1v) is 7.51. The van der Waals surface area contributed by atoms with Gasteiger partial charge in [-0.15, -0.1) is 0 Å². The van der Waals surface area contributed by atoms with Crippen molar-refractivity contribution in [1.82, 2.24) is 0 Å². The maximum absolute atomic E-state index is 13.8. The number of carbonyl (C=O) groups excluding carboxylic acids is 3. The zero-order chi connectivity index (χ0) is 18.5. The summed E-state index contributed by atoms with van der Waals surface area (Å²) < 4.78 is 37.1. The number of benzene rings is 1. The van der Waals surface area contributed by atoms with E-state index in [9.17, 15) is 23.2 Å². The number of ketones is 3. The number of hydrogen-bond acceptors (Lipinski definition) is 5. The van der Waals surface area contributed by atoms with Gasteiger partial charge in [0.2, 0.25) is 11.6 Å². The maximum Gasteiger partial charge on any atom is 0.240 e. The molecule has 0 spiro atoms. The molecule has 9 heteroatoms. The van der Waals surface area contributed by atoms with E-state index in [-0.39, 0.29) is 32.4 Å². The highest BCUT2D eigenvalue weighted by molar-refractivity contribution is 9.12. The molecule has 5 nitrogen and oxygen atoms in total. The molecule has 0 saturated heterocycles. The fraction of sp³-hybridized carbons (Fsp3) is 0.0625. The molecule has 0 atom stereocenters. The summed E-state index contributed by atoms with van der Waals surface area (Å²) in [5.41, 5.74) is -1.19. The molecule has 124 valence electrons. The lowest BCUT2D eigenvalue weighted by atomic mass is 9.82. The lowest BCUT2D eigenvalue weighted by Crippen LogP contribution is -2.23. The van der Waals surface area contributed by atoms with Gasteiger partial charge in [-0.3, -0.25) is 14.4 Å². The quantitative estimate of drug-likeness (QED) is 0.445. The Labute approximate surface area is 149 Å². The van der Waals surface area contributed by atoms with Gasteiger partial charge in [-0.05, 0) is 33.5 Å². The highest BCUT2D eigenvalue weighted by Crippen LogP contribution is 2.35. The number of rotatable bonds is 3. The van der Waals surface area contributed by atoms with Crippen molar-refractivity contribution in [3.63, 3.8) is 0 Å². The Balaban J connectivity index is 2.15. The van der Waals surface area contributed by atoms with E-state index < -0.39 is 34.7 Å². The van der Waals surface area contributed by atoms with Crippen molar-refractivity contribution in [3.8, 4) is 5.75 Å². The third-order valence-electron chi connectivity index (χ3n) is 3.61. The second-order valence-electron chi connectivity index (χ2n) is 5.04. The molecule has 3 rings (SSSR count). The zero-order valence-corrected chi connectivity index (χ0v) is 14.1. The number of methoxy groups -OCH3 is 1. The van der Waals surface area contributed by atoms with E-state index in [0.29, 0.717) is 0 Å². The van der Waals surface area contributed by atoms with Crippen LogP contribution in [-0.4, -0.2) is 32.3 Å². The number of furan rings is 1. The first-order chi connectivity index (χ1) is 11.8. The molecule has 1 heterocycles. The summed E-state index contributed by atoms with van der Waals surface area (Å²) in [5, 5.41) is 0. The highest BCUT2D eigenvalue weighted by Gasteiger charge is 2.36. The van der Waals surface area contributed by atoms with E-state index in [0.717, 1.165) is 25.5 Å². The van der Waals surface area contributed by atoms with E-state index in [2.05, 4.69) is 20.7 Å². The van der Waals surface area contributed by atoms with Crippen molar-refractivity contribution in [2.75, 3.05) is 7.11 Å². The van der Waals surface area contributed by atoms with E-state index in [4.69, 9.17) is 12.3 Å². The van der Waals surface area contributed by atoms with Crippen molar-refractivity contribution < 1.29 is 32.3 Å². The predicted molar refractivity (Wildman–Crippen MR) is 86.0 cm³/mol. The van der Waals surface area contributed by atoms with Crippen molar-refractivity contribution in [1.29, 1.82) is 0 Å². The molecule has 0 bridgehead atoms. The molecule has 1 aromatic heterocycles. The summed E-state index contributed by atoms with van der Waals surface area (Å²) in [6.07, 6.45) is 0.913. The number of Topliss-reactive ketones (excluding diaryl/α,β-unsaturated/α-hetero) is 2. The summed E-state index contributed by atoms with van der Waals surface area (Å²) in [6, 6.07) is 1.52. The largest absolute Gasteiger partial charge is 0.491 e. The van der Waals surface area contributed by atoms with Crippen LogP contribution in [0, 0.1) is 11.6 Å². The Hall–Kier alpha value is -2.55. The van der Waals surface area contributed by atoms with E-state index in [1.54, 1.807) is 0 Å². The smallest absolute Gasteiger partial charge is 0.240 e. The van der Waals surface area contributed by atoms with E-state index in [1.807, 2.05) is 0 Å². The summed E-state index contributed by atoms with van der Waals surface area (Å²) in [7, 11) is 6.77. The van der Waals surface area contributed by atoms with Crippen LogP contribution in [0.2, 0.25) is 0 Å². The van der Waals surface area contributed by atoms with Gasteiger partial charge < -0.3 is 9.15 Å². The second kappa shape index (κ2) is 6.07. The lowest BCUT2D eigenvalue weighted by Gasteiger charge is -2.12. The van der Waals surface area contributed by atoms with Crippen molar-refractivity contribution in [2.45, 2.75) is 0 Å². The Morgan fingerprint density at radius 3 is 2.36 bits per heavy atom. The number of halogens is 3. The van der Waals surface area contributed by atoms with Crippen LogP contribution in [0.4, 0.5) is 8.78 Å². The Kier molecular flexibility index (Phi) is 4.20. The van der Waals surface area contributed by atoms with Gasteiger partial charge in [-0.2, -0.15) is 0 Å². The van der Waals surface area contributed by atoms with Crippen LogP contribution in [0.25, 0.3) is 5.47 Å². The molecule has 2 radical (unpaired) electrons. The summed E-state index contributed by atoms with van der Waals surface area (Å²) in [4.78, 5) is 36.6. The summed E-state index contributed by atoms with van der Waals surface area (Å²) >= 11 is 2.88. The predicted octanol–water partition coefficient (Wildman–Crippen LogP) is 2.79. The highest BCUT2D eigenvalue weighted by atomic mass is 79.9. The number of ether oxygens (including phenoxy) is 1. The SMILES string of the molecule is [B]C1=C(Br)C(=O)C(=O)c2c(C(=O)c3cc(F)c(OC)c(F)c3)coc21. The van der Waals surface area contributed by atoms with Gasteiger partial charge in [0, 0.05) is 5.56 Å². The van der Waals surface area contributed by atoms with Gasteiger partial charge in [0.15, 0.2) is 23.2 Å². The lowest BCUT2D eigenvalue weighted by molar-refractivity contribution is -0.111. The monoisotopic (exact) mass is 406 g/mol. The van der Waals surface area contributed by atoms with Gasteiger partial charge >= 0.3 is 0 Å². The van der Waals surface area contributed by atoms with Crippen LogP contribution in [0.3, 0.4) is 0 Å². The van der Waals surface area contributed by atoms with Crippen LogP contribution in [0.15, 0.2) is 27.3 Å². The van der Waals surface area contributed by atoms with Crippen LogP contribution in [0.1, 0.15) is 32.0 Å².